The molecule has 1 aromatic heterocycles. The topological polar surface area (TPSA) is 66.2 Å². The third-order valence-corrected chi connectivity index (χ3v) is 3.00. The van der Waals surface area contributed by atoms with E-state index in [0.717, 1.165) is 0 Å². The molecule has 0 saturated heterocycles. The number of methoxy groups -OCH3 is 1. The van der Waals surface area contributed by atoms with Crippen molar-refractivity contribution in [1.29, 1.82) is 0 Å². The van der Waals surface area contributed by atoms with Gasteiger partial charge in [-0.3, -0.25) is 0 Å². The highest BCUT2D eigenvalue weighted by molar-refractivity contribution is 5.88. The molecule has 0 aliphatic carbocycles. The van der Waals surface area contributed by atoms with E-state index in [1.165, 1.54) is 17.9 Å². The number of esters is 1. The van der Waals surface area contributed by atoms with Crippen LogP contribution in [0.3, 0.4) is 0 Å². The van der Waals surface area contributed by atoms with E-state index >= 15 is 0 Å². The van der Waals surface area contributed by atoms with Gasteiger partial charge in [0.05, 0.1) is 26.0 Å². The molecule has 0 spiro atoms. The Kier molecular flexibility index (Phi) is 4.52. The van der Waals surface area contributed by atoms with E-state index in [-0.39, 0.29) is 18.1 Å². The molecule has 0 fully saturated rings. The average molecular weight is 293 g/mol. The Labute approximate surface area is 121 Å². The van der Waals surface area contributed by atoms with E-state index in [1.54, 1.807) is 26.0 Å². The molecule has 0 amide bonds. The van der Waals surface area contributed by atoms with Crippen molar-refractivity contribution in [2.75, 3.05) is 13.7 Å². The number of aromatic nitrogens is 3. The molecule has 112 valence electrons. The second kappa shape index (κ2) is 6.34. The summed E-state index contributed by atoms with van der Waals surface area (Å²) in [4.78, 5) is 11.7. The summed E-state index contributed by atoms with van der Waals surface area (Å²) in [5.74, 6) is -0.776. The van der Waals surface area contributed by atoms with Crippen molar-refractivity contribution in [3.8, 4) is 5.75 Å². The summed E-state index contributed by atoms with van der Waals surface area (Å²) in [6.45, 7) is 4.01. The molecule has 7 heteroatoms. The van der Waals surface area contributed by atoms with Gasteiger partial charge in [-0.15, -0.1) is 5.10 Å². The molecule has 6 nitrogen and oxygen atoms in total. The fraction of sp³-hybridized carbons (Fsp3) is 0.357. The summed E-state index contributed by atoms with van der Waals surface area (Å²) in [6.07, 6.45) is 0. The smallest absolute Gasteiger partial charge is 0.360 e. The van der Waals surface area contributed by atoms with Crippen molar-refractivity contribution in [2.24, 2.45) is 0 Å². The highest BCUT2D eigenvalue weighted by Crippen LogP contribution is 2.18. The van der Waals surface area contributed by atoms with Crippen LogP contribution in [-0.2, 0) is 11.3 Å². The van der Waals surface area contributed by atoms with Gasteiger partial charge in [0.2, 0.25) is 0 Å². The normalized spacial score (nSPS) is 10.5. The van der Waals surface area contributed by atoms with Gasteiger partial charge in [0, 0.05) is 0 Å². The fourth-order valence-corrected chi connectivity index (χ4v) is 1.88. The highest BCUT2D eigenvalue weighted by atomic mass is 19.1. The Morgan fingerprint density at radius 1 is 1.43 bits per heavy atom. The van der Waals surface area contributed by atoms with E-state index in [2.05, 4.69) is 10.3 Å². The van der Waals surface area contributed by atoms with Crippen LogP contribution in [0.5, 0.6) is 5.75 Å². The molecule has 0 radical (unpaired) electrons. The number of nitrogens with zero attached hydrogens (tertiary/aromatic N) is 3. The van der Waals surface area contributed by atoms with Crippen LogP contribution in [0.2, 0.25) is 0 Å². The summed E-state index contributed by atoms with van der Waals surface area (Å²) >= 11 is 0. The third kappa shape index (κ3) is 3.18. The number of rotatable bonds is 5. The maximum absolute atomic E-state index is 13.6. The largest absolute Gasteiger partial charge is 0.494 e. The first kappa shape index (κ1) is 15.0. The molecule has 21 heavy (non-hydrogen) atoms. The molecular formula is C14H16FN3O3. The second-order valence-corrected chi connectivity index (χ2v) is 4.37. The summed E-state index contributed by atoms with van der Waals surface area (Å²) in [5, 5.41) is 7.71. The molecule has 2 rings (SSSR count). The molecule has 0 aliphatic rings. The first-order valence-corrected chi connectivity index (χ1v) is 6.46. The lowest BCUT2D eigenvalue weighted by Crippen LogP contribution is -2.09. The average Bonchev–Trinajstić information content (AvgIpc) is 2.81. The SMILES string of the molecule is CCOC(=O)c1nnn(Cc2ccc(OC)c(F)c2)c1C. The molecule has 0 aliphatic heterocycles. The number of benzene rings is 1. The van der Waals surface area contributed by atoms with Crippen molar-refractivity contribution in [3.63, 3.8) is 0 Å². The maximum atomic E-state index is 13.6. The van der Waals surface area contributed by atoms with Crippen molar-refractivity contribution in [3.05, 3.63) is 41.0 Å². The zero-order chi connectivity index (χ0) is 15.4. The minimum absolute atomic E-state index is 0.172. The fourth-order valence-electron chi connectivity index (χ4n) is 1.88. The van der Waals surface area contributed by atoms with Gasteiger partial charge >= 0.3 is 5.97 Å². The van der Waals surface area contributed by atoms with Gasteiger partial charge in [0.1, 0.15) is 0 Å². The molecule has 2 aromatic rings. The van der Waals surface area contributed by atoms with Crippen LogP contribution in [-0.4, -0.2) is 34.7 Å². The second-order valence-electron chi connectivity index (χ2n) is 4.37. The first-order valence-electron chi connectivity index (χ1n) is 6.46. The number of hydrogen-bond acceptors (Lipinski definition) is 5. The minimum Gasteiger partial charge on any atom is -0.494 e. The highest BCUT2D eigenvalue weighted by Gasteiger charge is 2.17. The van der Waals surface area contributed by atoms with Gasteiger partial charge in [-0.1, -0.05) is 11.3 Å². The van der Waals surface area contributed by atoms with Crippen molar-refractivity contribution < 1.29 is 18.7 Å². The van der Waals surface area contributed by atoms with Crippen LogP contribution in [0.15, 0.2) is 18.2 Å². The first-order chi connectivity index (χ1) is 10.1. The molecule has 1 heterocycles. The van der Waals surface area contributed by atoms with Crippen LogP contribution in [0.4, 0.5) is 4.39 Å². The minimum atomic E-state index is -0.512. The molecule has 0 N–H and O–H groups in total. The summed E-state index contributed by atoms with van der Waals surface area (Å²) in [6, 6.07) is 4.64. The van der Waals surface area contributed by atoms with E-state index in [4.69, 9.17) is 9.47 Å². The standard InChI is InChI=1S/C14H16FN3O3/c1-4-21-14(19)13-9(2)18(17-16-13)8-10-5-6-12(20-3)11(15)7-10/h5-7H,4,8H2,1-3H3. The molecule has 0 unspecified atom stereocenters. The molecule has 0 saturated carbocycles. The number of carbonyl (C=O) groups excluding carboxylic acids is 1. The van der Waals surface area contributed by atoms with E-state index in [0.29, 0.717) is 17.8 Å². The van der Waals surface area contributed by atoms with Crippen LogP contribution >= 0.6 is 0 Å². The van der Waals surface area contributed by atoms with Crippen LogP contribution < -0.4 is 4.74 Å². The quantitative estimate of drug-likeness (QED) is 0.788. The Balaban J connectivity index is 2.20. The Morgan fingerprint density at radius 3 is 2.81 bits per heavy atom. The van der Waals surface area contributed by atoms with Gasteiger partial charge < -0.3 is 9.47 Å². The van der Waals surface area contributed by atoms with Gasteiger partial charge in [-0.05, 0) is 31.5 Å². The maximum Gasteiger partial charge on any atom is 0.360 e. The number of ether oxygens (including phenoxy) is 2. The third-order valence-electron chi connectivity index (χ3n) is 3.00. The summed E-state index contributed by atoms with van der Waals surface area (Å²) < 4.78 is 24.9. The van der Waals surface area contributed by atoms with Crippen molar-refractivity contribution in [1.82, 2.24) is 15.0 Å². The zero-order valence-corrected chi connectivity index (χ0v) is 12.1. The predicted molar refractivity (Wildman–Crippen MR) is 72.8 cm³/mol. The van der Waals surface area contributed by atoms with E-state index < -0.39 is 11.8 Å². The predicted octanol–water partition coefficient (Wildman–Crippen LogP) is 1.96. The van der Waals surface area contributed by atoms with E-state index in [1.807, 2.05) is 0 Å². The van der Waals surface area contributed by atoms with Gasteiger partial charge in [-0.25, -0.2) is 13.9 Å². The summed E-state index contributed by atoms with van der Waals surface area (Å²) in [7, 11) is 1.41. The molecule has 1 aromatic carbocycles. The molecular weight excluding hydrogens is 277 g/mol. The van der Waals surface area contributed by atoms with Crippen molar-refractivity contribution >= 4 is 5.97 Å². The zero-order valence-electron chi connectivity index (χ0n) is 12.1. The van der Waals surface area contributed by atoms with Crippen LogP contribution in [0.25, 0.3) is 0 Å². The van der Waals surface area contributed by atoms with E-state index in [9.17, 15) is 9.18 Å². The molecule has 0 bridgehead atoms. The number of hydrogen-bond donors (Lipinski definition) is 0. The number of halogens is 1. The lowest BCUT2D eigenvalue weighted by atomic mass is 10.2. The van der Waals surface area contributed by atoms with Gasteiger partial charge in [0.25, 0.3) is 0 Å². The summed E-state index contributed by atoms with van der Waals surface area (Å²) in [5.41, 5.74) is 1.44. The number of carbonyl (C=O) groups is 1. The Bertz CT molecular complexity index is 655. The lowest BCUT2D eigenvalue weighted by molar-refractivity contribution is 0.0518. The van der Waals surface area contributed by atoms with Crippen molar-refractivity contribution in [2.45, 2.75) is 20.4 Å². The lowest BCUT2D eigenvalue weighted by Gasteiger charge is -2.06. The van der Waals surface area contributed by atoms with Crippen LogP contribution in [0.1, 0.15) is 28.7 Å². The Hall–Kier alpha value is -2.44. The van der Waals surface area contributed by atoms with Gasteiger partial charge in [-0.2, -0.15) is 0 Å². The van der Waals surface area contributed by atoms with Crippen LogP contribution in [0, 0.1) is 12.7 Å². The monoisotopic (exact) mass is 293 g/mol. The Morgan fingerprint density at radius 2 is 2.19 bits per heavy atom. The van der Waals surface area contributed by atoms with Gasteiger partial charge in [0.15, 0.2) is 17.3 Å². The molecule has 0 atom stereocenters.